The minimum absolute atomic E-state index is 0.147. The van der Waals surface area contributed by atoms with Crippen molar-refractivity contribution in [3.8, 4) is 0 Å². The number of unbranched alkanes of at least 4 members (excludes halogenated alkanes) is 30. The molecule has 0 bridgehead atoms. The first-order valence-electron chi connectivity index (χ1n) is 45.7. The quantitative estimate of drug-likeness (QED) is 0.0335. The van der Waals surface area contributed by atoms with Gasteiger partial charge in [0.05, 0.1) is 88.2 Å². The summed E-state index contributed by atoms with van der Waals surface area (Å²) in [6.07, 6.45) is -18.6. The number of aliphatic carboxylic acids is 3. The highest BCUT2D eigenvalue weighted by Crippen LogP contribution is 2.43. The molecule has 0 radical (unpaired) electrons. The Labute approximate surface area is 737 Å². The molecule has 5 aliphatic heterocycles. The minimum Gasteiger partial charge on any atom is -0.477 e. The zero-order valence-corrected chi connectivity index (χ0v) is 73.9. The SMILES string of the molecule is CCCCCCCCCCCCCCCCCCCCCC(=O)N[C@@H](CO[C@@H]1O[C@H](CO)[C@@H](O[C@@H]2O[C@H](CO)[C@H](O)[C@H](O[C@]3(C(=O)O)C[C@H](O)[C@@H](NC(C)=O)C([C@H](O)[C@@H](CO)O[C@]4(C(=O)O)C[C@H](O)[C@@H](NC(C)=O)C([C@H](O)[C@@H](CO)O[C@]5(C(=O)O)C[C@H](O)[C@@H](NC(C)=O)C([C@H](O)[C@H](O)CO)O5)O4)O3)[C@H]2O)[C@H](O)[C@H]1O)[C@H](O)CCCCCCCCCCCCCCC. The van der Waals surface area contributed by atoms with Crippen LogP contribution < -0.4 is 21.3 Å². The van der Waals surface area contributed by atoms with Gasteiger partial charge in [0.2, 0.25) is 23.6 Å². The number of hydrogen-bond donors (Lipinski definition) is 24. The molecular weight excluding hydrogens is 1670 g/mol. The summed E-state index contributed by atoms with van der Waals surface area (Å²) in [5.41, 5.74) is 0. The van der Waals surface area contributed by atoms with Crippen LogP contribution in [0.4, 0.5) is 0 Å². The number of aliphatic hydroxyl groups is 17. The summed E-state index contributed by atoms with van der Waals surface area (Å²) in [5, 5.41) is 235. The molecule has 5 aliphatic rings. The van der Waals surface area contributed by atoms with E-state index in [2.05, 4.69) is 35.1 Å². The zero-order chi connectivity index (χ0) is 93.4. The van der Waals surface area contributed by atoms with Crippen LogP contribution in [0.25, 0.3) is 0 Å². The predicted molar refractivity (Wildman–Crippen MR) is 443 cm³/mol. The maximum absolute atomic E-state index is 13.8. The van der Waals surface area contributed by atoms with Gasteiger partial charge in [-0.15, -0.1) is 0 Å². The highest BCUT2D eigenvalue weighted by molar-refractivity contribution is 5.79. The normalized spacial score (nSPS) is 32.0. The van der Waals surface area contributed by atoms with Crippen molar-refractivity contribution in [3.63, 3.8) is 0 Å². The van der Waals surface area contributed by atoms with Gasteiger partial charge in [-0.25, -0.2) is 14.4 Å². The Morgan fingerprint density at radius 1 is 0.397 bits per heavy atom. The van der Waals surface area contributed by atoms with Crippen LogP contribution in [0, 0.1) is 0 Å². The molecule has 0 aromatic rings. The second kappa shape index (κ2) is 57.6. The summed E-state index contributed by atoms with van der Waals surface area (Å²) in [4.78, 5) is 92.3. The lowest BCUT2D eigenvalue weighted by Crippen LogP contribution is -2.72. The van der Waals surface area contributed by atoms with Gasteiger partial charge in [0.1, 0.15) is 104 Å². The number of carboxylic acids is 3. The zero-order valence-electron chi connectivity index (χ0n) is 73.9. The van der Waals surface area contributed by atoms with E-state index in [-0.39, 0.29) is 18.7 Å². The van der Waals surface area contributed by atoms with Gasteiger partial charge in [0, 0.05) is 46.5 Å². The molecule has 4 amide bonds. The fourth-order valence-corrected chi connectivity index (χ4v) is 17.1. The van der Waals surface area contributed by atoms with E-state index in [0.717, 1.165) is 85.0 Å². The monoisotopic (exact) mass is 1820 g/mol. The summed E-state index contributed by atoms with van der Waals surface area (Å²) in [5.74, 6) is -20.5. The largest absolute Gasteiger partial charge is 0.477 e. The molecule has 0 aromatic carbocycles. The Morgan fingerprint density at radius 2 is 0.746 bits per heavy atom. The van der Waals surface area contributed by atoms with Crippen molar-refractivity contribution in [3.05, 3.63) is 0 Å². The smallest absolute Gasteiger partial charge is 0.364 e. The Balaban J connectivity index is 1.32. The van der Waals surface area contributed by atoms with Crippen molar-refractivity contribution in [1.82, 2.24) is 21.3 Å². The topological polar surface area (TPSA) is 665 Å². The summed E-state index contributed by atoms with van der Waals surface area (Å²) in [6.45, 7) is 0.0271. The second-order valence-electron chi connectivity index (χ2n) is 34.6. The molecule has 734 valence electrons. The van der Waals surface area contributed by atoms with Crippen molar-refractivity contribution < 1.29 is 183 Å². The van der Waals surface area contributed by atoms with E-state index in [1.807, 2.05) is 0 Å². The van der Waals surface area contributed by atoms with Crippen molar-refractivity contribution in [2.45, 2.75) is 454 Å². The maximum atomic E-state index is 13.8. The lowest BCUT2D eigenvalue weighted by atomic mass is 9.86. The van der Waals surface area contributed by atoms with Gasteiger partial charge in [-0.05, 0) is 12.8 Å². The number of amides is 4. The molecule has 30 atom stereocenters. The third-order valence-electron chi connectivity index (χ3n) is 24.3. The number of carbonyl (C=O) groups is 7. The fraction of sp³-hybridized carbons (Fsp3) is 0.918. The van der Waals surface area contributed by atoms with Gasteiger partial charge in [0.25, 0.3) is 17.4 Å². The van der Waals surface area contributed by atoms with Crippen LogP contribution in [0.2, 0.25) is 0 Å². The first kappa shape index (κ1) is 112. The number of ether oxygens (including phenoxy) is 10. The predicted octanol–water partition coefficient (Wildman–Crippen LogP) is -0.703. The maximum Gasteiger partial charge on any atom is 0.364 e. The average molecular weight is 1820 g/mol. The van der Waals surface area contributed by atoms with Crippen molar-refractivity contribution in [1.29, 1.82) is 0 Å². The van der Waals surface area contributed by atoms with Crippen LogP contribution in [0.5, 0.6) is 0 Å². The van der Waals surface area contributed by atoms with Crippen molar-refractivity contribution in [2.24, 2.45) is 0 Å². The highest BCUT2D eigenvalue weighted by atomic mass is 16.8. The van der Waals surface area contributed by atoms with Gasteiger partial charge >= 0.3 is 17.9 Å². The molecule has 5 heterocycles. The van der Waals surface area contributed by atoms with Crippen LogP contribution in [-0.2, 0) is 80.9 Å². The van der Waals surface area contributed by atoms with Crippen molar-refractivity contribution >= 4 is 41.5 Å². The second-order valence-corrected chi connectivity index (χ2v) is 34.6. The molecule has 3 unspecified atom stereocenters. The Bertz CT molecular complexity index is 3120. The first-order valence-corrected chi connectivity index (χ1v) is 45.7. The number of hydrogen-bond acceptors (Lipinski definition) is 34. The molecule has 5 saturated heterocycles. The van der Waals surface area contributed by atoms with E-state index in [1.165, 1.54) is 128 Å². The average Bonchev–Trinajstić information content (AvgIpc) is 0.749. The summed E-state index contributed by atoms with van der Waals surface area (Å²) >= 11 is 0. The molecule has 41 nitrogen and oxygen atoms in total. The van der Waals surface area contributed by atoms with E-state index in [4.69, 9.17) is 47.4 Å². The lowest BCUT2D eigenvalue weighted by Gasteiger charge is -2.51. The highest BCUT2D eigenvalue weighted by Gasteiger charge is 2.64. The van der Waals surface area contributed by atoms with Crippen molar-refractivity contribution in [2.75, 3.05) is 39.6 Å². The molecule has 0 saturated carbocycles. The first-order chi connectivity index (χ1) is 60.0. The fourth-order valence-electron chi connectivity index (χ4n) is 17.1. The van der Waals surface area contributed by atoms with Gasteiger partial charge < -0.3 is 171 Å². The van der Waals surface area contributed by atoms with Crippen LogP contribution in [0.1, 0.15) is 272 Å². The molecule has 41 heteroatoms. The number of carboxylic acid groups (broad SMARTS) is 3. The van der Waals surface area contributed by atoms with E-state index in [9.17, 15) is 136 Å². The Hall–Kier alpha value is -4.79. The Kier molecular flexibility index (Phi) is 51.1. The molecule has 5 fully saturated rings. The van der Waals surface area contributed by atoms with Crippen LogP contribution in [0.15, 0.2) is 0 Å². The van der Waals surface area contributed by atoms with E-state index < -0.39 is 277 Å². The lowest BCUT2D eigenvalue weighted by molar-refractivity contribution is -0.388. The molecule has 5 rings (SSSR count). The number of rotatable bonds is 64. The Morgan fingerprint density at radius 3 is 1.10 bits per heavy atom. The molecular formula is C85H152N4O37. The van der Waals surface area contributed by atoms with Gasteiger partial charge in [-0.1, -0.05) is 213 Å². The van der Waals surface area contributed by atoms with Gasteiger partial charge in [-0.3, -0.25) is 19.2 Å². The van der Waals surface area contributed by atoms with Crippen LogP contribution >= 0.6 is 0 Å². The molecule has 0 aliphatic carbocycles. The van der Waals surface area contributed by atoms with Crippen LogP contribution in [-0.4, -0.2) is 366 Å². The minimum atomic E-state index is -3.57. The van der Waals surface area contributed by atoms with E-state index in [1.54, 1.807) is 0 Å². The van der Waals surface area contributed by atoms with Gasteiger partial charge in [-0.2, -0.15) is 0 Å². The number of nitrogens with one attached hydrogen (secondary N) is 4. The van der Waals surface area contributed by atoms with Gasteiger partial charge in [0.15, 0.2) is 12.6 Å². The molecule has 126 heavy (non-hydrogen) atoms. The summed E-state index contributed by atoms with van der Waals surface area (Å²) < 4.78 is 58.3. The van der Waals surface area contributed by atoms with E-state index in [0.29, 0.717) is 12.8 Å². The van der Waals surface area contributed by atoms with E-state index >= 15 is 0 Å². The van der Waals surface area contributed by atoms with Crippen LogP contribution in [0.3, 0.4) is 0 Å². The number of carbonyl (C=O) groups excluding carboxylic acids is 4. The molecule has 0 aromatic heterocycles. The summed E-state index contributed by atoms with van der Waals surface area (Å²) in [6, 6.07) is -6.93. The third-order valence-corrected chi connectivity index (χ3v) is 24.3. The number of aliphatic hydroxyl groups excluding tert-OH is 17. The molecule has 24 N–H and O–H groups in total. The third kappa shape index (κ3) is 34.0. The standard InChI is InChI=1S/C85H152N4O37/c1-6-8-10-12-14-16-18-20-21-22-23-24-25-27-29-31-33-35-37-39-62(103)89-52(53(98)38-36-34-32-30-28-26-19-17-15-13-11-9-7-2)48-117-78-71(109)70(108)73(61(47-94)119-78)120-79-72(110)77(67(105)58(44-91)118-79)126-85(82(115)116)42-56(101)65(88-51(5)97)76(125-85)69(107)60(46-93)122-84(81(113)114)41-55(100)64(87-50(4)96)75(124-84)68(106)59(45-92)121-83(80(111)112)40-54(99)63(86-49(3)95)74(123-83)66(104)57(102)43-90/h52-61,63-79,90-94,98-102,104-110H,6-48H2,1-5H3,(H,86,95)(H,87,96)(H,88,97)(H,89,103)(H,111,112)(H,113,114)(H,115,116)/t52-,53+,54-,55-,56-,57+,58+,59+,60+,61+,63+,64+,65+,66+,67-,68+,69+,70+,71+,72+,73+,74?,75?,76?,77-,78+,79-,83+,84+,85-/m0/s1. The molecule has 0 spiro atoms. The summed E-state index contributed by atoms with van der Waals surface area (Å²) in [7, 11) is 0.